The predicted molar refractivity (Wildman–Crippen MR) is 61.2 cm³/mol. The Bertz CT molecular complexity index is 387. The maximum Gasteiger partial charge on any atom is 0.251 e. The van der Waals surface area contributed by atoms with Crippen LogP contribution in [0.25, 0.3) is 0 Å². The van der Waals surface area contributed by atoms with Crippen molar-refractivity contribution in [3.8, 4) is 0 Å². The topological polar surface area (TPSA) is 41.1 Å². The number of carbonyl (C=O) groups is 1. The maximum absolute atomic E-state index is 11.4. The summed E-state index contributed by atoms with van der Waals surface area (Å²) in [7, 11) is 1.65. The van der Waals surface area contributed by atoms with E-state index in [0.29, 0.717) is 6.04 Å². The number of rotatable bonds is 1. The lowest BCUT2D eigenvalue weighted by atomic mass is 9.97. The number of hydrogen-bond acceptors (Lipinski definition) is 2. The van der Waals surface area contributed by atoms with Gasteiger partial charge in [0.1, 0.15) is 0 Å². The molecule has 2 rings (SSSR count). The summed E-state index contributed by atoms with van der Waals surface area (Å²) in [5, 5.41) is 6.05. The van der Waals surface area contributed by atoms with Crippen LogP contribution >= 0.6 is 0 Å². The van der Waals surface area contributed by atoms with E-state index in [4.69, 9.17) is 0 Å². The molecule has 0 saturated carbocycles. The van der Waals surface area contributed by atoms with Crippen LogP contribution in [0.15, 0.2) is 18.2 Å². The second-order valence-electron chi connectivity index (χ2n) is 4.04. The Morgan fingerprint density at radius 3 is 3.07 bits per heavy atom. The van der Waals surface area contributed by atoms with Crippen LogP contribution in [0.1, 0.15) is 29.3 Å². The Balaban J connectivity index is 2.30. The van der Waals surface area contributed by atoms with E-state index >= 15 is 0 Å². The number of nitrogens with one attached hydrogen (secondary N) is 2. The van der Waals surface area contributed by atoms with Gasteiger partial charge in [-0.3, -0.25) is 4.79 Å². The van der Waals surface area contributed by atoms with Crippen molar-refractivity contribution < 1.29 is 4.79 Å². The molecule has 1 aromatic carbocycles. The first kappa shape index (κ1) is 10.0. The molecule has 1 heterocycles. The van der Waals surface area contributed by atoms with Gasteiger partial charge >= 0.3 is 0 Å². The fourth-order valence-corrected chi connectivity index (χ4v) is 1.94. The van der Waals surface area contributed by atoms with E-state index < -0.39 is 0 Å². The van der Waals surface area contributed by atoms with Crippen molar-refractivity contribution in [2.75, 3.05) is 12.4 Å². The summed E-state index contributed by atoms with van der Waals surface area (Å²) in [4.78, 5) is 11.4. The Labute approximate surface area is 89.9 Å². The van der Waals surface area contributed by atoms with E-state index in [-0.39, 0.29) is 5.91 Å². The average Bonchev–Trinajstić information content (AvgIpc) is 2.27. The molecule has 1 aromatic rings. The molecule has 3 heteroatoms. The van der Waals surface area contributed by atoms with Crippen LogP contribution in [0.3, 0.4) is 0 Å². The molecular weight excluding hydrogens is 188 g/mol. The summed E-state index contributed by atoms with van der Waals surface area (Å²) in [5.41, 5.74) is 3.16. The quantitative estimate of drug-likeness (QED) is 0.732. The number of aryl methyl sites for hydroxylation is 1. The Hall–Kier alpha value is -1.51. The molecule has 1 amide bonds. The van der Waals surface area contributed by atoms with Crippen LogP contribution in [0.5, 0.6) is 0 Å². The van der Waals surface area contributed by atoms with Crippen molar-refractivity contribution in [3.63, 3.8) is 0 Å². The molecule has 2 N–H and O–H groups in total. The van der Waals surface area contributed by atoms with Crippen molar-refractivity contribution in [1.82, 2.24) is 5.32 Å². The molecule has 1 aliphatic heterocycles. The SMILES string of the molecule is CNC(=O)c1ccc2c(c1)CC[C@@H](C)N2. The fourth-order valence-electron chi connectivity index (χ4n) is 1.94. The van der Waals surface area contributed by atoms with Crippen molar-refractivity contribution in [3.05, 3.63) is 29.3 Å². The number of anilines is 1. The Kier molecular flexibility index (Phi) is 2.62. The normalized spacial score (nSPS) is 18.9. The predicted octanol–water partition coefficient (Wildman–Crippen LogP) is 1.79. The molecule has 0 aliphatic carbocycles. The zero-order valence-electron chi connectivity index (χ0n) is 9.13. The monoisotopic (exact) mass is 204 g/mol. The van der Waals surface area contributed by atoms with Gasteiger partial charge in [0.25, 0.3) is 5.91 Å². The zero-order valence-corrected chi connectivity index (χ0v) is 9.13. The van der Waals surface area contributed by atoms with Crippen LogP contribution < -0.4 is 10.6 Å². The number of fused-ring (bicyclic) bond motifs is 1. The highest BCUT2D eigenvalue weighted by Crippen LogP contribution is 2.25. The molecule has 0 bridgehead atoms. The molecule has 3 nitrogen and oxygen atoms in total. The summed E-state index contributed by atoms with van der Waals surface area (Å²) in [6.07, 6.45) is 2.18. The first-order chi connectivity index (χ1) is 7.20. The number of carbonyl (C=O) groups excluding carboxylic acids is 1. The second-order valence-corrected chi connectivity index (χ2v) is 4.04. The van der Waals surface area contributed by atoms with Gasteiger partial charge in [0, 0.05) is 24.3 Å². The van der Waals surface area contributed by atoms with Gasteiger partial charge in [0.15, 0.2) is 0 Å². The van der Waals surface area contributed by atoms with E-state index in [0.717, 1.165) is 18.4 Å². The number of hydrogen-bond donors (Lipinski definition) is 2. The summed E-state index contributed by atoms with van der Waals surface area (Å²) < 4.78 is 0. The van der Waals surface area contributed by atoms with Gasteiger partial charge < -0.3 is 10.6 Å². The second kappa shape index (κ2) is 3.93. The summed E-state index contributed by atoms with van der Waals surface area (Å²) in [6, 6.07) is 6.37. The zero-order chi connectivity index (χ0) is 10.8. The van der Waals surface area contributed by atoms with Crippen LogP contribution in [0.2, 0.25) is 0 Å². The molecule has 0 aromatic heterocycles. The average molecular weight is 204 g/mol. The lowest BCUT2D eigenvalue weighted by Gasteiger charge is -2.24. The fraction of sp³-hybridized carbons (Fsp3) is 0.417. The van der Waals surface area contributed by atoms with Crippen molar-refractivity contribution in [2.24, 2.45) is 0 Å². The van der Waals surface area contributed by atoms with E-state index in [1.807, 2.05) is 18.2 Å². The first-order valence-corrected chi connectivity index (χ1v) is 5.32. The van der Waals surface area contributed by atoms with Crippen LogP contribution in [-0.4, -0.2) is 19.0 Å². The molecule has 0 saturated heterocycles. The van der Waals surface area contributed by atoms with Crippen molar-refractivity contribution in [2.45, 2.75) is 25.8 Å². The van der Waals surface area contributed by atoms with E-state index in [1.165, 1.54) is 11.3 Å². The third kappa shape index (κ3) is 1.96. The Morgan fingerprint density at radius 2 is 2.33 bits per heavy atom. The van der Waals surface area contributed by atoms with Gasteiger partial charge in [-0.2, -0.15) is 0 Å². The first-order valence-electron chi connectivity index (χ1n) is 5.32. The highest BCUT2D eigenvalue weighted by atomic mass is 16.1. The van der Waals surface area contributed by atoms with E-state index in [1.54, 1.807) is 7.05 Å². The van der Waals surface area contributed by atoms with Crippen LogP contribution in [0.4, 0.5) is 5.69 Å². The van der Waals surface area contributed by atoms with Crippen molar-refractivity contribution in [1.29, 1.82) is 0 Å². The van der Waals surface area contributed by atoms with Gasteiger partial charge in [-0.15, -0.1) is 0 Å². The van der Waals surface area contributed by atoms with Gasteiger partial charge in [-0.1, -0.05) is 0 Å². The largest absolute Gasteiger partial charge is 0.382 e. The molecule has 1 atom stereocenters. The maximum atomic E-state index is 11.4. The van der Waals surface area contributed by atoms with Crippen molar-refractivity contribution >= 4 is 11.6 Å². The highest BCUT2D eigenvalue weighted by Gasteiger charge is 2.15. The third-order valence-electron chi connectivity index (χ3n) is 2.84. The minimum absolute atomic E-state index is 0.0172. The molecule has 0 spiro atoms. The lowest BCUT2D eigenvalue weighted by Crippen LogP contribution is -2.23. The highest BCUT2D eigenvalue weighted by molar-refractivity contribution is 5.94. The van der Waals surface area contributed by atoms with E-state index in [2.05, 4.69) is 17.6 Å². The molecular formula is C12H16N2O. The van der Waals surface area contributed by atoms with Gasteiger partial charge in [0.2, 0.25) is 0 Å². The molecule has 80 valence electrons. The lowest BCUT2D eigenvalue weighted by molar-refractivity contribution is 0.0963. The molecule has 15 heavy (non-hydrogen) atoms. The van der Waals surface area contributed by atoms with Gasteiger partial charge in [0.05, 0.1) is 0 Å². The summed E-state index contributed by atoms with van der Waals surface area (Å²) in [6.45, 7) is 2.18. The summed E-state index contributed by atoms with van der Waals surface area (Å²) in [5.74, 6) is -0.0172. The van der Waals surface area contributed by atoms with Gasteiger partial charge in [-0.05, 0) is 43.5 Å². The number of amides is 1. The number of benzene rings is 1. The Morgan fingerprint density at radius 1 is 1.53 bits per heavy atom. The van der Waals surface area contributed by atoms with E-state index in [9.17, 15) is 4.79 Å². The van der Waals surface area contributed by atoms with Gasteiger partial charge in [-0.25, -0.2) is 0 Å². The third-order valence-corrected chi connectivity index (χ3v) is 2.84. The molecule has 0 fully saturated rings. The molecule has 1 aliphatic rings. The van der Waals surface area contributed by atoms with Crippen LogP contribution in [-0.2, 0) is 6.42 Å². The summed E-state index contributed by atoms with van der Waals surface area (Å²) >= 11 is 0. The molecule has 0 unspecified atom stereocenters. The smallest absolute Gasteiger partial charge is 0.251 e. The van der Waals surface area contributed by atoms with Crippen LogP contribution in [0, 0.1) is 0 Å². The standard InChI is InChI=1S/C12H16N2O/c1-8-3-4-9-7-10(12(15)13-2)5-6-11(9)14-8/h5-8,14H,3-4H2,1-2H3,(H,13,15)/t8-/m1/s1. The minimum atomic E-state index is -0.0172. The minimum Gasteiger partial charge on any atom is -0.382 e. The molecule has 0 radical (unpaired) electrons.